The molecular formula is C17H17Cl2N3O2. The molecule has 2 aromatic carbocycles. The van der Waals surface area contributed by atoms with Crippen molar-refractivity contribution < 1.29 is 9.47 Å². The molecule has 1 aromatic heterocycles. The van der Waals surface area contributed by atoms with Gasteiger partial charge in [-0.25, -0.2) is 9.97 Å². The summed E-state index contributed by atoms with van der Waals surface area (Å²) < 4.78 is 10.6. The molecule has 126 valence electrons. The summed E-state index contributed by atoms with van der Waals surface area (Å²) in [6.45, 7) is 0.581. The minimum atomic E-state index is 0. The highest BCUT2D eigenvalue weighted by molar-refractivity contribution is 6.28. The van der Waals surface area contributed by atoms with Crippen molar-refractivity contribution in [3.05, 3.63) is 53.3 Å². The van der Waals surface area contributed by atoms with Gasteiger partial charge in [0.15, 0.2) is 11.5 Å². The van der Waals surface area contributed by atoms with Gasteiger partial charge in [-0.15, -0.1) is 12.4 Å². The van der Waals surface area contributed by atoms with E-state index in [4.69, 9.17) is 21.1 Å². The summed E-state index contributed by atoms with van der Waals surface area (Å²) in [5.74, 6) is 2.10. The third-order valence-electron chi connectivity index (χ3n) is 3.48. The topological polar surface area (TPSA) is 56.3 Å². The van der Waals surface area contributed by atoms with E-state index in [-0.39, 0.29) is 17.7 Å². The van der Waals surface area contributed by atoms with Crippen LogP contribution in [0.4, 0.5) is 5.82 Å². The Bertz CT molecular complexity index is 843. The molecule has 3 rings (SSSR count). The van der Waals surface area contributed by atoms with E-state index in [2.05, 4.69) is 15.3 Å². The zero-order valence-corrected chi connectivity index (χ0v) is 14.8. The van der Waals surface area contributed by atoms with E-state index in [1.165, 1.54) is 0 Å². The molecule has 1 heterocycles. The molecule has 0 saturated carbocycles. The number of hydrogen-bond acceptors (Lipinski definition) is 5. The number of rotatable bonds is 5. The summed E-state index contributed by atoms with van der Waals surface area (Å²) in [4.78, 5) is 8.50. The zero-order chi connectivity index (χ0) is 16.2. The first-order valence-corrected chi connectivity index (χ1v) is 7.46. The normalized spacial score (nSPS) is 10.1. The van der Waals surface area contributed by atoms with Crippen LogP contribution in [0, 0.1) is 0 Å². The SMILES string of the molecule is COc1ccc(CNc2nc(Cl)nc3ccccc23)cc1OC.Cl. The second-order valence-electron chi connectivity index (χ2n) is 4.90. The molecule has 0 atom stereocenters. The first-order valence-electron chi connectivity index (χ1n) is 7.08. The molecule has 0 saturated heterocycles. The predicted molar refractivity (Wildman–Crippen MR) is 98.7 cm³/mol. The fourth-order valence-corrected chi connectivity index (χ4v) is 2.53. The Labute approximate surface area is 151 Å². The van der Waals surface area contributed by atoms with Crippen molar-refractivity contribution in [1.82, 2.24) is 9.97 Å². The highest BCUT2D eigenvalue weighted by atomic mass is 35.5. The molecule has 0 spiro atoms. The Morgan fingerprint density at radius 3 is 2.50 bits per heavy atom. The number of benzene rings is 2. The van der Waals surface area contributed by atoms with Gasteiger partial charge >= 0.3 is 0 Å². The number of halogens is 2. The number of fused-ring (bicyclic) bond motifs is 1. The molecule has 0 aliphatic heterocycles. The lowest BCUT2D eigenvalue weighted by Gasteiger charge is -2.12. The van der Waals surface area contributed by atoms with Crippen LogP contribution in [-0.4, -0.2) is 24.2 Å². The van der Waals surface area contributed by atoms with Crippen LogP contribution in [0.5, 0.6) is 11.5 Å². The Morgan fingerprint density at radius 2 is 1.75 bits per heavy atom. The van der Waals surface area contributed by atoms with Gasteiger partial charge in [0, 0.05) is 11.9 Å². The number of aromatic nitrogens is 2. The highest BCUT2D eigenvalue weighted by Crippen LogP contribution is 2.28. The van der Waals surface area contributed by atoms with E-state index < -0.39 is 0 Å². The number of nitrogens with zero attached hydrogens (tertiary/aromatic N) is 2. The summed E-state index contributed by atoms with van der Waals surface area (Å²) in [7, 11) is 3.23. The smallest absolute Gasteiger partial charge is 0.224 e. The molecule has 24 heavy (non-hydrogen) atoms. The van der Waals surface area contributed by atoms with E-state index >= 15 is 0 Å². The van der Waals surface area contributed by atoms with Gasteiger partial charge in [0.25, 0.3) is 0 Å². The molecule has 0 radical (unpaired) electrons. The summed E-state index contributed by atoms with van der Waals surface area (Å²) in [5, 5.41) is 4.45. The van der Waals surface area contributed by atoms with E-state index in [1.807, 2.05) is 42.5 Å². The van der Waals surface area contributed by atoms with Crippen LogP contribution in [0.3, 0.4) is 0 Å². The van der Waals surface area contributed by atoms with Gasteiger partial charge in [-0.05, 0) is 41.4 Å². The average molecular weight is 366 g/mol. The van der Waals surface area contributed by atoms with Gasteiger partial charge in [-0.1, -0.05) is 18.2 Å². The Morgan fingerprint density at radius 1 is 1.00 bits per heavy atom. The van der Waals surface area contributed by atoms with Crippen molar-refractivity contribution in [2.45, 2.75) is 6.54 Å². The first-order chi connectivity index (χ1) is 11.2. The highest BCUT2D eigenvalue weighted by Gasteiger charge is 2.08. The maximum atomic E-state index is 5.99. The van der Waals surface area contributed by atoms with Crippen LogP contribution in [-0.2, 0) is 6.54 Å². The minimum Gasteiger partial charge on any atom is -0.493 e. The lowest BCUT2D eigenvalue weighted by atomic mass is 10.2. The summed E-state index contributed by atoms with van der Waals surface area (Å²) in [6, 6.07) is 13.5. The molecule has 0 amide bonds. The lowest BCUT2D eigenvalue weighted by molar-refractivity contribution is 0.354. The molecule has 1 N–H and O–H groups in total. The quantitative estimate of drug-likeness (QED) is 0.681. The van der Waals surface area contributed by atoms with Gasteiger partial charge in [0.1, 0.15) is 5.82 Å². The van der Waals surface area contributed by atoms with Crippen molar-refractivity contribution in [3.8, 4) is 11.5 Å². The molecule has 3 aromatic rings. The third-order valence-corrected chi connectivity index (χ3v) is 3.65. The maximum absolute atomic E-state index is 5.99. The van der Waals surface area contributed by atoms with Crippen LogP contribution in [0.1, 0.15) is 5.56 Å². The predicted octanol–water partition coefficient (Wildman–Crippen LogP) is 4.33. The second kappa shape index (κ2) is 8.04. The van der Waals surface area contributed by atoms with Crippen LogP contribution in [0.15, 0.2) is 42.5 Å². The Hall–Kier alpha value is -2.24. The van der Waals surface area contributed by atoms with E-state index in [0.717, 1.165) is 16.5 Å². The number of ether oxygens (including phenoxy) is 2. The molecule has 0 unspecified atom stereocenters. The molecular weight excluding hydrogens is 349 g/mol. The molecule has 0 bridgehead atoms. The van der Waals surface area contributed by atoms with Gasteiger partial charge in [-0.2, -0.15) is 0 Å². The first kappa shape index (κ1) is 18.1. The Balaban J connectivity index is 0.00000208. The molecule has 0 fully saturated rings. The molecule has 7 heteroatoms. The van der Waals surface area contributed by atoms with Crippen molar-refractivity contribution >= 4 is 40.7 Å². The largest absolute Gasteiger partial charge is 0.493 e. The second-order valence-corrected chi connectivity index (χ2v) is 5.24. The van der Waals surface area contributed by atoms with Crippen LogP contribution in [0.25, 0.3) is 10.9 Å². The van der Waals surface area contributed by atoms with Crippen LogP contribution < -0.4 is 14.8 Å². The summed E-state index contributed by atoms with van der Waals surface area (Å²) in [5.41, 5.74) is 1.85. The van der Waals surface area contributed by atoms with Gasteiger partial charge < -0.3 is 14.8 Å². The van der Waals surface area contributed by atoms with Gasteiger partial charge in [-0.3, -0.25) is 0 Å². The van der Waals surface area contributed by atoms with Crippen molar-refractivity contribution in [2.75, 3.05) is 19.5 Å². The number of nitrogens with one attached hydrogen (secondary N) is 1. The monoisotopic (exact) mass is 365 g/mol. The summed E-state index contributed by atoms with van der Waals surface area (Å²) in [6.07, 6.45) is 0. The number of para-hydroxylation sites is 1. The molecule has 0 aliphatic rings. The number of anilines is 1. The fraction of sp³-hybridized carbons (Fsp3) is 0.176. The van der Waals surface area contributed by atoms with Crippen LogP contribution >= 0.6 is 24.0 Å². The zero-order valence-electron chi connectivity index (χ0n) is 13.2. The van der Waals surface area contributed by atoms with Crippen molar-refractivity contribution in [3.63, 3.8) is 0 Å². The summed E-state index contributed by atoms with van der Waals surface area (Å²) >= 11 is 5.99. The maximum Gasteiger partial charge on any atom is 0.224 e. The lowest BCUT2D eigenvalue weighted by Crippen LogP contribution is -2.04. The minimum absolute atomic E-state index is 0. The Kier molecular flexibility index (Phi) is 6.06. The number of methoxy groups -OCH3 is 2. The van der Waals surface area contributed by atoms with E-state index in [1.54, 1.807) is 14.2 Å². The van der Waals surface area contributed by atoms with Crippen molar-refractivity contribution in [1.29, 1.82) is 0 Å². The molecule has 0 aliphatic carbocycles. The third kappa shape index (κ3) is 3.80. The van der Waals surface area contributed by atoms with Crippen LogP contribution in [0.2, 0.25) is 5.28 Å². The number of hydrogen-bond donors (Lipinski definition) is 1. The van der Waals surface area contributed by atoms with E-state index in [9.17, 15) is 0 Å². The molecule has 5 nitrogen and oxygen atoms in total. The van der Waals surface area contributed by atoms with Gasteiger partial charge in [0.05, 0.1) is 19.7 Å². The average Bonchev–Trinajstić information content (AvgIpc) is 2.59. The standard InChI is InChI=1S/C17H16ClN3O2.ClH/c1-22-14-8-7-11(9-15(14)23-2)10-19-16-12-5-3-4-6-13(12)20-17(18)21-16;/h3-9H,10H2,1-2H3,(H,19,20,21);1H. The van der Waals surface area contributed by atoms with Crippen molar-refractivity contribution in [2.24, 2.45) is 0 Å². The van der Waals surface area contributed by atoms with E-state index in [0.29, 0.717) is 23.9 Å². The fourth-order valence-electron chi connectivity index (χ4n) is 2.36. The van der Waals surface area contributed by atoms with Gasteiger partial charge in [0.2, 0.25) is 5.28 Å².